The predicted octanol–water partition coefficient (Wildman–Crippen LogP) is 7.40. The van der Waals surface area contributed by atoms with Crippen molar-refractivity contribution < 1.29 is 33.1 Å². The number of esters is 1. The summed E-state index contributed by atoms with van der Waals surface area (Å²) in [5.74, 6) is -3.79. The van der Waals surface area contributed by atoms with Crippen LogP contribution in [0.25, 0.3) is 22.2 Å². The van der Waals surface area contributed by atoms with Crippen molar-refractivity contribution in [1.29, 1.82) is 0 Å². The number of nitrogens with zero attached hydrogens (tertiary/aromatic N) is 3. The molecule has 58 heavy (non-hydrogen) atoms. The standard InChI is InChI=1S/C46H39N3O8S/c1-55-32-24-22-27(23-25-32)37-40(39(50)33-26-28-14-12-13-21-34(28)57-43(33)53)58-45(47-37)49-38(44(54)56-2)35-36(42(52)48(41(35)51)31-19-10-5-11-20-31)46(49,29-15-6-3-7-16-29)30-17-8-4-9-18-30/h3-4,6-9,12-18,21-26,31,35-36,38H,5,10-11,19-20H2,1-2H3/t35?,36?,38-/m1/s1. The number of ether oxygens (including phenoxy) is 2. The molecule has 0 N–H and O–H groups in total. The van der Waals surface area contributed by atoms with E-state index in [1.807, 2.05) is 60.7 Å². The summed E-state index contributed by atoms with van der Waals surface area (Å²) in [7, 11) is 2.81. The molecule has 11 nitrogen and oxygen atoms in total. The van der Waals surface area contributed by atoms with Crippen LogP contribution in [0.4, 0.5) is 5.13 Å². The maximum absolute atomic E-state index is 15.3. The second-order valence-electron chi connectivity index (χ2n) is 14.9. The molecule has 2 aliphatic heterocycles. The highest BCUT2D eigenvalue weighted by Gasteiger charge is 2.73. The van der Waals surface area contributed by atoms with Gasteiger partial charge >= 0.3 is 11.6 Å². The number of amides is 2. The van der Waals surface area contributed by atoms with E-state index in [0.29, 0.717) is 46.3 Å². The molecular formula is C46H39N3O8S. The Labute approximate surface area is 337 Å². The molecule has 2 amide bonds. The van der Waals surface area contributed by atoms with E-state index in [0.717, 1.165) is 30.6 Å². The molecule has 12 heteroatoms. The average molecular weight is 794 g/mol. The third-order valence-electron chi connectivity index (χ3n) is 11.9. The molecule has 3 aliphatic rings. The molecule has 3 atom stereocenters. The lowest BCUT2D eigenvalue weighted by Gasteiger charge is -2.44. The van der Waals surface area contributed by atoms with Gasteiger partial charge < -0.3 is 18.8 Å². The smallest absolute Gasteiger partial charge is 0.347 e. The van der Waals surface area contributed by atoms with Gasteiger partial charge in [0, 0.05) is 17.0 Å². The van der Waals surface area contributed by atoms with Gasteiger partial charge in [0.05, 0.1) is 31.7 Å². The van der Waals surface area contributed by atoms with Crippen molar-refractivity contribution in [2.24, 2.45) is 11.8 Å². The Kier molecular flexibility index (Phi) is 9.51. The van der Waals surface area contributed by atoms with Gasteiger partial charge in [-0.2, -0.15) is 0 Å². The summed E-state index contributed by atoms with van der Waals surface area (Å²) in [6, 6.07) is 32.5. The number of imide groups is 1. The van der Waals surface area contributed by atoms with E-state index in [9.17, 15) is 19.2 Å². The van der Waals surface area contributed by atoms with Crippen molar-refractivity contribution in [3.8, 4) is 17.0 Å². The van der Waals surface area contributed by atoms with Gasteiger partial charge in [-0.05, 0) is 60.4 Å². The monoisotopic (exact) mass is 793 g/mol. The van der Waals surface area contributed by atoms with Crippen LogP contribution in [0.1, 0.15) is 58.5 Å². The first-order valence-corrected chi connectivity index (χ1v) is 20.2. The number of benzene rings is 4. The molecule has 0 bridgehead atoms. The van der Waals surface area contributed by atoms with Crippen LogP contribution < -0.4 is 15.3 Å². The van der Waals surface area contributed by atoms with Crippen LogP contribution in [0.3, 0.4) is 0 Å². The minimum absolute atomic E-state index is 0.0972. The molecule has 1 saturated carbocycles. The first-order chi connectivity index (χ1) is 28.3. The molecule has 2 aromatic heterocycles. The van der Waals surface area contributed by atoms with Gasteiger partial charge in [0.25, 0.3) is 0 Å². The molecule has 0 spiro atoms. The van der Waals surface area contributed by atoms with Crippen LogP contribution in [0, 0.1) is 11.8 Å². The number of carbonyl (C=O) groups excluding carboxylic acids is 4. The Morgan fingerprint density at radius 3 is 2.07 bits per heavy atom. The number of para-hydroxylation sites is 1. The molecule has 6 aromatic rings. The van der Waals surface area contributed by atoms with Crippen molar-refractivity contribution in [2.45, 2.75) is 49.7 Å². The van der Waals surface area contributed by atoms with Gasteiger partial charge in [0.2, 0.25) is 17.6 Å². The molecule has 1 aliphatic carbocycles. The van der Waals surface area contributed by atoms with Crippen molar-refractivity contribution in [3.05, 3.63) is 147 Å². The van der Waals surface area contributed by atoms with Crippen LogP contribution in [0.15, 0.2) is 124 Å². The molecule has 2 saturated heterocycles. The Morgan fingerprint density at radius 2 is 1.43 bits per heavy atom. The van der Waals surface area contributed by atoms with Gasteiger partial charge in [-0.25, -0.2) is 14.6 Å². The molecule has 4 aromatic carbocycles. The van der Waals surface area contributed by atoms with Crippen molar-refractivity contribution in [2.75, 3.05) is 19.1 Å². The number of hydrogen-bond donors (Lipinski definition) is 0. The molecule has 9 rings (SSSR count). The fourth-order valence-corrected chi connectivity index (χ4v) is 10.5. The zero-order valence-electron chi connectivity index (χ0n) is 31.8. The number of methoxy groups -OCH3 is 2. The molecular weight excluding hydrogens is 755 g/mol. The summed E-state index contributed by atoms with van der Waals surface area (Å²) in [6.45, 7) is 0. The number of ketones is 1. The normalized spacial score (nSPS) is 20.3. The van der Waals surface area contributed by atoms with E-state index in [2.05, 4.69) is 0 Å². The highest BCUT2D eigenvalue weighted by molar-refractivity contribution is 7.18. The molecule has 0 radical (unpaired) electrons. The van der Waals surface area contributed by atoms with Gasteiger partial charge in [-0.3, -0.25) is 19.3 Å². The van der Waals surface area contributed by atoms with E-state index < -0.39 is 46.7 Å². The average Bonchev–Trinajstić information content (AvgIpc) is 3.93. The maximum Gasteiger partial charge on any atom is 0.347 e. The number of thiazole rings is 1. The Morgan fingerprint density at radius 1 is 0.793 bits per heavy atom. The highest BCUT2D eigenvalue weighted by Crippen LogP contribution is 2.60. The SMILES string of the molecule is COC(=O)[C@H]1C2C(=O)N(C3CCCCC3)C(=O)C2C(c2ccccc2)(c2ccccc2)N1c1nc(-c2ccc(OC)cc2)c(C(=O)c2cc3ccccc3oc2=O)s1. The predicted molar refractivity (Wildman–Crippen MR) is 218 cm³/mol. The summed E-state index contributed by atoms with van der Waals surface area (Å²) >= 11 is 0.981. The number of carbonyl (C=O) groups is 4. The van der Waals surface area contributed by atoms with E-state index in [1.54, 1.807) is 60.5 Å². The lowest BCUT2D eigenvalue weighted by atomic mass is 9.71. The number of aromatic nitrogens is 1. The van der Waals surface area contributed by atoms with Gasteiger partial charge in [0.1, 0.15) is 33.4 Å². The molecule has 292 valence electrons. The molecule has 3 fully saturated rings. The van der Waals surface area contributed by atoms with E-state index in [4.69, 9.17) is 18.9 Å². The summed E-state index contributed by atoms with van der Waals surface area (Å²) in [6.07, 6.45) is 4.20. The number of hydrogen-bond acceptors (Lipinski definition) is 11. The van der Waals surface area contributed by atoms with E-state index in [1.165, 1.54) is 18.1 Å². The second kappa shape index (κ2) is 14.8. The maximum atomic E-state index is 15.3. The summed E-state index contributed by atoms with van der Waals surface area (Å²) < 4.78 is 16.5. The lowest BCUT2D eigenvalue weighted by Crippen LogP contribution is -2.56. The third kappa shape index (κ3) is 5.76. The topological polar surface area (TPSA) is 136 Å². The van der Waals surface area contributed by atoms with Crippen molar-refractivity contribution >= 4 is 51.0 Å². The minimum atomic E-state index is -1.49. The Balaban J connectivity index is 1.33. The Bertz CT molecular complexity index is 2580. The first-order valence-electron chi connectivity index (χ1n) is 19.4. The molecule has 4 heterocycles. The number of anilines is 1. The summed E-state index contributed by atoms with van der Waals surface area (Å²) in [5.41, 5.74) is -0.0943. The lowest BCUT2D eigenvalue weighted by molar-refractivity contribution is -0.149. The van der Waals surface area contributed by atoms with Gasteiger partial charge in [-0.15, -0.1) is 0 Å². The van der Waals surface area contributed by atoms with Crippen molar-refractivity contribution in [1.82, 2.24) is 9.88 Å². The number of rotatable bonds is 9. The van der Waals surface area contributed by atoms with Gasteiger partial charge in [0.15, 0.2) is 5.13 Å². The fourth-order valence-electron chi connectivity index (χ4n) is 9.38. The zero-order valence-corrected chi connectivity index (χ0v) is 32.6. The number of fused-ring (bicyclic) bond motifs is 2. The largest absolute Gasteiger partial charge is 0.497 e. The fraction of sp³-hybridized carbons (Fsp3) is 0.261. The van der Waals surface area contributed by atoms with Crippen molar-refractivity contribution in [3.63, 3.8) is 0 Å². The van der Waals surface area contributed by atoms with Crippen LogP contribution in [0.2, 0.25) is 0 Å². The van der Waals surface area contributed by atoms with Crippen LogP contribution in [-0.2, 0) is 24.7 Å². The highest BCUT2D eigenvalue weighted by atomic mass is 32.1. The van der Waals surface area contributed by atoms with Crippen LogP contribution >= 0.6 is 11.3 Å². The number of likely N-dealkylation sites (tertiary alicyclic amines) is 1. The molecule has 2 unspecified atom stereocenters. The van der Waals surface area contributed by atoms with E-state index in [-0.39, 0.29) is 33.2 Å². The Hall–Kier alpha value is -6.40. The van der Waals surface area contributed by atoms with E-state index >= 15 is 4.79 Å². The van der Waals surface area contributed by atoms with Gasteiger partial charge in [-0.1, -0.05) is 109 Å². The summed E-state index contributed by atoms with van der Waals surface area (Å²) in [4.78, 5) is 81.5. The third-order valence-corrected chi connectivity index (χ3v) is 13.0. The quantitative estimate of drug-likeness (QED) is 0.0631. The second-order valence-corrected chi connectivity index (χ2v) is 15.9. The van der Waals surface area contributed by atoms with Crippen LogP contribution in [0.5, 0.6) is 5.75 Å². The zero-order chi connectivity index (χ0) is 40.1. The minimum Gasteiger partial charge on any atom is -0.497 e. The van der Waals surface area contributed by atoms with Crippen LogP contribution in [-0.4, -0.2) is 59.8 Å². The first kappa shape index (κ1) is 37.2. The summed E-state index contributed by atoms with van der Waals surface area (Å²) in [5, 5.41) is 0.743.